The monoisotopic (exact) mass is 290 g/mol. The molecule has 2 unspecified atom stereocenters. The van der Waals surface area contributed by atoms with Crippen LogP contribution in [0.25, 0.3) is 0 Å². The second kappa shape index (κ2) is 8.52. The normalized spacial score (nSPS) is 21.4. The first kappa shape index (κ1) is 16.5. The van der Waals surface area contributed by atoms with Gasteiger partial charge in [0.1, 0.15) is 0 Å². The van der Waals surface area contributed by atoms with Crippen molar-refractivity contribution in [3.63, 3.8) is 0 Å². The summed E-state index contributed by atoms with van der Waals surface area (Å²) in [6.07, 6.45) is 4.02. The van der Waals surface area contributed by atoms with Gasteiger partial charge in [0, 0.05) is 26.2 Å². The van der Waals surface area contributed by atoms with Crippen LogP contribution in [0.2, 0.25) is 0 Å². The Morgan fingerprint density at radius 1 is 1.43 bits per heavy atom. The van der Waals surface area contributed by atoms with Gasteiger partial charge in [0.25, 0.3) is 0 Å². The number of ether oxygens (including phenoxy) is 1. The van der Waals surface area contributed by atoms with Gasteiger partial charge >= 0.3 is 0 Å². The quantitative estimate of drug-likeness (QED) is 0.835. The highest BCUT2D eigenvalue weighted by Gasteiger charge is 2.22. The van der Waals surface area contributed by atoms with Crippen molar-refractivity contribution < 1.29 is 4.74 Å². The molecule has 2 rings (SSSR count). The third-order valence-corrected chi connectivity index (χ3v) is 4.32. The molecule has 1 aromatic rings. The van der Waals surface area contributed by atoms with Gasteiger partial charge in [0.2, 0.25) is 0 Å². The number of likely N-dealkylation sites (tertiary alicyclic amines) is 1. The molecule has 1 heterocycles. The van der Waals surface area contributed by atoms with E-state index < -0.39 is 0 Å². The summed E-state index contributed by atoms with van der Waals surface area (Å²) in [5.74, 6) is 0. The number of piperidine rings is 1. The molecular weight excluding hydrogens is 260 g/mol. The average Bonchev–Trinajstić information content (AvgIpc) is 2.51. The first-order chi connectivity index (χ1) is 10.2. The Hall–Kier alpha value is -0.900. The van der Waals surface area contributed by atoms with Gasteiger partial charge in [-0.1, -0.05) is 36.8 Å². The summed E-state index contributed by atoms with van der Waals surface area (Å²) in [4.78, 5) is 2.55. The van der Waals surface area contributed by atoms with Gasteiger partial charge < -0.3 is 10.1 Å². The molecule has 1 aliphatic rings. The Morgan fingerprint density at radius 2 is 2.29 bits per heavy atom. The van der Waals surface area contributed by atoms with E-state index in [0.717, 1.165) is 19.6 Å². The van der Waals surface area contributed by atoms with Crippen molar-refractivity contribution in [1.29, 1.82) is 0 Å². The van der Waals surface area contributed by atoms with Crippen molar-refractivity contribution in [2.24, 2.45) is 0 Å². The molecule has 1 fully saturated rings. The van der Waals surface area contributed by atoms with E-state index in [1.54, 1.807) is 0 Å². The first-order valence-corrected chi connectivity index (χ1v) is 8.28. The SMILES string of the molecule is CCCNC(CN1CCCC(OC)C1)c1cccc(C)c1. The van der Waals surface area contributed by atoms with Crippen molar-refractivity contribution in [2.75, 3.05) is 33.3 Å². The van der Waals surface area contributed by atoms with Gasteiger partial charge in [-0.3, -0.25) is 4.90 Å². The third kappa shape index (κ3) is 5.10. The Labute approximate surface area is 129 Å². The summed E-state index contributed by atoms with van der Waals surface area (Å²) >= 11 is 0. The molecule has 0 amide bonds. The van der Waals surface area contributed by atoms with E-state index in [1.165, 1.54) is 36.9 Å². The molecule has 0 aliphatic carbocycles. The number of nitrogens with zero attached hydrogens (tertiary/aromatic N) is 1. The minimum atomic E-state index is 0.406. The zero-order valence-corrected chi connectivity index (χ0v) is 13.8. The number of hydrogen-bond acceptors (Lipinski definition) is 3. The van der Waals surface area contributed by atoms with Crippen LogP contribution in [-0.2, 0) is 4.74 Å². The largest absolute Gasteiger partial charge is 0.380 e. The Bertz CT molecular complexity index is 421. The molecule has 118 valence electrons. The highest BCUT2D eigenvalue weighted by atomic mass is 16.5. The summed E-state index contributed by atoms with van der Waals surface area (Å²) in [5, 5.41) is 3.71. The number of aryl methyl sites for hydroxylation is 1. The topological polar surface area (TPSA) is 24.5 Å². The number of nitrogens with one attached hydrogen (secondary N) is 1. The molecule has 0 spiro atoms. The van der Waals surface area contributed by atoms with Crippen LogP contribution in [0.3, 0.4) is 0 Å². The number of benzene rings is 1. The molecule has 3 nitrogen and oxygen atoms in total. The van der Waals surface area contributed by atoms with E-state index in [4.69, 9.17) is 4.74 Å². The Kier molecular flexibility index (Phi) is 6.68. The lowest BCUT2D eigenvalue weighted by atomic mass is 10.0. The summed E-state index contributed by atoms with van der Waals surface area (Å²) in [5.41, 5.74) is 2.74. The van der Waals surface area contributed by atoms with Gasteiger partial charge in [-0.05, 0) is 44.8 Å². The van der Waals surface area contributed by atoms with E-state index in [9.17, 15) is 0 Å². The molecule has 0 radical (unpaired) electrons. The molecular formula is C18H30N2O. The first-order valence-electron chi connectivity index (χ1n) is 8.28. The summed E-state index contributed by atoms with van der Waals surface area (Å²) < 4.78 is 5.55. The lowest BCUT2D eigenvalue weighted by Gasteiger charge is -2.34. The van der Waals surface area contributed by atoms with Crippen LogP contribution in [0.5, 0.6) is 0 Å². The smallest absolute Gasteiger partial charge is 0.0698 e. The number of rotatable bonds is 7. The molecule has 0 saturated carbocycles. The minimum absolute atomic E-state index is 0.406. The molecule has 1 N–H and O–H groups in total. The lowest BCUT2D eigenvalue weighted by Crippen LogP contribution is -2.43. The van der Waals surface area contributed by atoms with E-state index in [1.807, 2.05) is 7.11 Å². The van der Waals surface area contributed by atoms with Crippen LogP contribution >= 0.6 is 0 Å². The predicted octanol–water partition coefficient (Wildman–Crippen LogP) is 3.15. The highest BCUT2D eigenvalue weighted by Crippen LogP contribution is 2.19. The predicted molar refractivity (Wildman–Crippen MR) is 88.7 cm³/mol. The Balaban J connectivity index is 2.02. The van der Waals surface area contributed by atoms with Gasteiger partial charge in [0.15, 0.2) is 0 Å². The highest BCUT2D eigenvalue weighted by molar-refractivity contribution is 5.25. The zero-order valence-electron chi connectivity index (χ0n) is 13.8. The van der Waals surface area contributed by atoms with Crippen molar-refractivity contribution in [3.8, 4) is 0 Å². The van der Waals surface area contributed by atoms with Crippen LogP contribution in [0, 0.1) is 6.92 Å². The van der Waals surface area contributed by atoms with Gasteiger partial charge in [-0.25, -0.2) is 0 Å². The minimum Gasteiger partial charge on any atom is -0.380 e. The lowest BCUT2D eigenvalue weighted by molar-refractivity contribution is 0.0280. The molecule has 0 bridgehead atoms. The third-order valence-electron chi connectivity index (χ3n) is 4.32. The molecule has 1 aromatic carbocycles. The van der Waals surface area contributed by atoms with Crippen LogP contribution in [0.4, 0.5) is 0 Å². The maximum absolute atomic E-state index is 5.55. The molecule has 21 heavy (non-hydrogen) atoms. The number of hydrogen-bond donors (Lipinski definition) is 1. The summed E-state index contributed by atoms with van der Waals surface area (Å²) in [6.45, 7) is 8.79. The van der Waals surface area contributed by atoms with E-state index in [-0.39, 0.29) is 0 Å². The second-order valence-electron chi connectivity index (χ2n) is 6.18. The van der Waals surface area contributed by atoms with Crippen LogP contribution in [0.15, 0.2) is 24.3 Å². The fourth-order valence-corrected chi connectivity index (χ4v) is 3.12. The van der Waals surface area contributed by atoms with E-state index in [0.29, 0.717) is 12.1 Å². The zero-order chi connectivity index (χ0) is 15.1. The van der Waals surface area contributed by atoms with Crippen molar-refractivity contribution in [1.82, 2.24) is 10.2 Å². The second-order valence-corrected chi connectivity index (χ2v) is 6.18. The maximum atomic E-state index is 5.55. The summed E-state index contributed by atoms with van der Waals surface area (Å²) in [7, 11) is 1.83. The molecule has 1 aliphatic heterocycles. The van der Waals surface area contributed by atoms with Crippen LogP contribution < -0.4 is 5.32 Å². The molecule has 2 atom stereocenters. The van der Waals surface area contributed by atoms with Crippen LogP contribution in [0.1, 0.15) is 43.4 Å². The Morgan fingerprint density at radius 3 is 3.00 bits per heavy atom. The molecule has 1 saturated heterocycles. The molecule has 3 heteroatoms. The summed E-state index contributed by atoms with van der Waals surface area (Å²) in [6, 6.07) is 9.31. The molecule has 0 aromatic heterocycles. The maximum Gasteiger partial charge on any atom is 0.0698 e. The van der Waals surface area contributed by atoms with Crippen LogP contribution in [-0.4, -0.2) is 44.3 Å². The van der Waals surface area contributed by atoms with E-state index in [2.05, 4.69) is 48.3 Å². The van der Waals surface area contributed by atoms with Crippen molar-refractivity contribution in [2.45, 2.75) is 45.3 Å². The number of methoxy groups -OCH3 is 1. The van der Waals surface area contributed by atoms with Gasteiger partial charge in [-0.2, -0.15) is 0 Å². The van der Waals surface area contributed by atoms with E-state index >= 15 is 0 Å². The van der Waals surface area contributed by atoms with Crippen molar-refractivity contribution in [3.05, 3.63) is 35.4 Å². The fourth-order valence-electron chi connectivity index (χ4n) is 3.12. The van der Waals surface area contributed by atoms with Gasteiger partial charge in [0.05, 0.1) is 6.10 Å². The van der Waals surface area contributed by atoms with Gasteiger partial charge in [-0.15, -0.1) is 0 Å². The standard InChI is InChI=1S/C18H30N2O/c1-4-10-19-18(16-8-5-7-15(2)12-16)14-20-11-6-9-17(13-20)21-3/h5,7-8,12,17-19H,4,6,9-11,13-14H2,1-3H3. The fraction of sp³-hybridized carbons (Fsp3) is 0.667. The van der Waals surface area contributed by atoms with Crippen molar-refractivity contribution >= 4 is 0 Å². The average molecular weight is 290 g/mol.